The Morgan fingerprint density at radius 2 is 2.19 bits per heavy atom. The van der Waals surface area contributed by atoms with Crippen molar-refractivity contribution in [2.24, 2.45) is 5.41 Å². The molecule has 1 heteroatoms. The number of benzene rings is 1. The Balaban J connectivity index is 2.04. The van der Waals surface area contributed by atoms with Gasteiger partial charge in [-0.1, -0.05) is 43.3 Å². The van der Waals surface area contributed by atoms with E-state index in [1.165, 1.54) is 18.4 Å². The minimum atomic E-state index is 0.342. The van der Waals surface area contributed by atoms with Gasteiger partial charge in [0.25, 0.3) is 0 Å². The number of rotatable bonds is 1. The first-order valence-corrected chi connectivity index (χ1v) is 6.95. The van der Waals surface area contributed by atoms with Crippen LogP contribution in [-0.2, 0) is 6.42 Å². The Labute approximate surface area is 102 Å². The van der Waals surface area contributed by atoms with Crippen LogP contribution >= 0.6 is 11.8 Å². The molecule has 0 nitrogen and oxygen atoms in total. The van der Waals surface area contributed by atoms with Crippen molar-refractivity contribution >= 4 is 11.8 Å². The number of thioether (sulfide) groups is 1. The van der Waals surface area contributed by atoms with Crippen LogP contribution in [-0.4, -0.2) is 5.25 Å². The molecule has 16 heavy (non-hydrogen) atoms. The minimum absolute atomic E-state index is 0.342. The summed E-state index contributed by atoms with van der Waals surface area (Å²) in [6, 6.07) is 8.97. The number of hydrogen-bond acceptors (Lipinski definition) is 1. The second-order valence-electron chi connectivity index (χ2n) is 5.42. The highest BCUT2D eigenvalue weighted by molar-refractivity contribution is 8.00. The van der Waals surface area contributed by atoms with Gasteiger partial charge in [-0.2, -0.15) is 0 Å². The van der Waals surface area contributed by atoms with Crippen LogP contribution in [0.25, 0.3) is 0 Å². The van der Waals surface area contributed by atoms with Crippen molar-refractivity contribution in [3.63, 3.8) is 0 Å². The number of hydrogen-bond donors (Lipinski definition) is 0. The molecule has 0 amide bonds. The van der Waals surface area contributed by atoms with E-state index in [-0.39, 0.29) is 0 Å². The van der Waals surface area contributed by atoms with Crippen molar-refractivity contribution < 1.29 is 0 Å². The molecule has 3 unspecified atom stereocenters. The SMILES string of the molecule is C=C(C)C1(C)CC2SC1Cc1ccccc12. The van der Waals surface area contributed by atoms with Crippen molar-refractivity contribution in [2.45, 2.75) is 37.2 Å². The average molecular weight is 230 g/mol. The summed E-state index contributed by atoms with van der Waals surface area (Å²) < 4.78 is 0. The molecule has 0 saturated carbocycles. The van der Waals surface area contributed by atoms with Crippen LogP contribution in [0, 0.1) is 5.41 Å². The molecule has 0 radical (unpaired) electrons. The molecule has 2 heterocycles. The Bertz CT molecular complexity index is 449. The van der Waals surface area contributed by atoms with E-state index in [1.54, 1.807) is 11.1 Å². The van der Waals surface area contributed by atoms with Crippen molar-refractivity contribution in [1.82, 2.24) is 0 Å². The van der Waals surface area contributed by atoms with Gasteiger partial charge in [-0.25, -0.2) is 0 Å². The topological polar surface area (TPSA) is 0 Å². The third-order valence-corrected chi connectivity index (χ3v) is 6.20. The zero-order valence-corrected chi connectivity index (χ0v) is 10.8. The molecule has 3 atom stereocenters. The molecule has 0 N–H and O–H groups in total. The van der Waals surface area contributed by atoms with Gasteiger partial charge in [0, 0.05) is 15.9 Å². The van der Waals surface area contributed by atoms with Gasteiger partial charge < -0.3 is 0 Å². The van der Waals surface area contributed by atoms with Crippen molar-refractivity contribution in [3.05, 3.63) is 47.5 Å². The molecule has 1 aromatic carbocycles. The summed E-state index contributed by atoms with van der Waals surface area (Å²) in [5.41, 5.74) is 4.85. The molecule has 0 aliphatic carbocycles. The van der Waals surface area contributed by atoms with Crippen molar-refractivity contribution in [1.29, 1.82) is 0 Å². The van der Waals surface area contributed by atoms with E-state index in [0.717, 1.165) is 5.25 Å². The Morgan fingerprint density at radius 1 is 1.44 bits per heavy atom. The summed E-state index contributed by atoms with van der Waals surface area (Å²) in [7, 11) is 0. The normalized spacial score (nSPS) is 35.9. The van der Waals surface area contributed by atoms with Crippen molar-refractivity contribution in [2.75, 3.05) is 0 Å². The first-order valence-electron chi connectivity index (χ1n) is 6.00. The summed E-state index contributed by atoms with van der Waals surface area (Å²) >= 11 is 2.17. The second-order valence-corrected chi connectivity index (χ2v) is 6.83. The summed E-state index contributed by atoms with van der Waals surface area (Å²) in [4.78, 5) is 0. The van der Waals surface area contributed by atoms with Crippen LogP contribution in [0.3, 0.4) is 0 Å². The fourth-order valence-corrected chi connectivity index (χ4v) is 5.14. The van der Waals surface area contributed by atoms with Crippen LogP contribution in [0.1, 0.15) is 36.6 Å². The van der Waals surface area contributed by atoms with Gasteiger partial charge in [-0.3, -0.25) is 0 Å². The van der Waals surface area contributed by atoms with Gasteiger partial charge in [0.2, 0.25) is 0 Å². The molecular weight excluding hydrogens is 212 g/mol. The Kier molecular flexibility index (Phi) is 2.22. The quantitative estimate of drug-likeness (QED) is 0.645. The summed E-state index contributed by atoms with van der Waals surface area (Å²) in [5, 5.41) is 1.45. The highest BCUT2D eigenvalue weighted by Gasteiger charge is 2.48. The highest BCUT2D eigenvalue weighted by Crippen LogP contribution is 2.61. The summed E-state index contributed by atoms with van der Waals surface area (Å²) in [5.74, 6) is 0. The van der Waals surface area contributed by atoms with Crippen LogP contribution < -0.4 is 0 Å². The number of fused-ring (bicyclic) bond motifs is 4. The monoisotopic (exact) mass is 230 g/mol. The van der Waals surface area contributed by atoms with Gasteiger partial charge in [0.05, 0.1) is 0 Å². The molecule has 1 fully saturated rings. The molecule has 0 spiro atoms. The minimum Gasteiger partial charge on any atom is -0.149 e. The van der Waals surface area contributed by atoms with Gasteiger partial charge >= 0.3 is 0 Å². The maximum atomic E-state index is 4.22. The van der Waals surface area contributed by atoms with E-state index in [0.29, 0.717) is 10.7 Å². The molecule has 3 rings (SSSR count). The molecule has 0 aromatic heterocycles. The first kappa shape index (κ1) is 10.5. The van der Waals surface area contributed by atoms with Gasteiger partial charge in [0.1, 0.15) is 0 Å². The standard InChI is InChI=1S/C15H18S/c1-10(2)15(3)9-13-12-7-5-4-6-11(12)8-14(15)16-13/h4-7,13-14H,1,8-9H2,2-3H3. The fraction of sp³-hybridized carbons (Fsp3) is 0.467. The lowest BCUT2D eigenvalue weighted by molar-refractivity contribution is 0.380. The smallest absolute Gasteiger partial charge is 0.0311 e. The molecule has 1 saturated heterocycles. The molecular formula is C15H18S. The lowest BCUT2D eigenvalue weighted by Crippen LogP contribution is -2.27. The zero-order chi connectivity index (χ0) is 11.3. The number of allylic oxidation sites excluding steroid dienone is 1. The highest BCUT2D eigenvalue weighted by atomic mass is 32.2. The van der Waals surface area contributed by atoms with Crippen LogP contribution in [0.15, 0.2) is 36.4 Å². The first-order chi connectivity index (χ1) is 7.61. The predicted octanol–water partition coefficient (Wildman–Crippen LogP) is 4.37. The molecule has 84 valence electrons. The zero-order valence-electron chi connectivity index (χ0n) is 9.99. The van der Waals surface area contributed by atoms with E-state index in [1.807, 2.05) is 0 Å². The van der Waals surface area contributed by atoms with Gasteiger partial charge in [0.15, 0.2) is 0 Å². The van der Waals surface area contributed by atoms with E-state index in [4.69, 9.17) is 0 Å². The van der Waals surface area contributed by atoms with Crippen LogP contribution in [0.5, 0.6) is 0 Å². The van der Waals surface area contributed by atoms with E-state index >= 15 is 0 Å². The molecule has 1 aromatic rings. The lowest BCUT2D eigenvalue weighted by atomic mass is 9.77. The maximum Gasteiger partial charge on any atom is 0.0311 e. The van der Waals surface area contributed by atoms with E-state index in [9.17, 15) is 0 Å². The second kappa shape index (κ2) is 3.40. The maximum absolute atomic E-state index is 4.22. The van der Waals surface area contributed by atoms with Crippen molar-refractivity contribution in [3.8, 4) is 0 Å². The van der Waals surface area contributed by atoms with Crippen LogP contribution in [0.2, 0.25) is 0 Å². The van der Waals surface area contributed by atoms with Gasteiger partial charge in [-0.15, -0.1) is 11.8 Å². The van der Waals surface area contributed by atoms with Gasteiger partial charge in [-0.05, 0) is 30.9 Å². The lowest BCUT2D eigenvalue weighted by Gasteiger charge is -2.31. The summed E-state index contributed by atoms with van der Waals surface area (Å²) in [6.07, 6.45) is 2.50. The van der Waals surface area contributed by atoms with Crippen LogP contribution in [0.4, 0.5) is 0 Å². The Morgan fingerprint density at radius 3 is 2.94 bits per heavy atom. The van der Waals surface area contributed by atoms with E-state index in [2.05, 4.69) is 56.5 Å². The average Bonchev–Trinajstić information content (AvgIpc) is 2.54. The third-order valence-electron chi connectivity index (χ3n) is 4.43. The largest absolute Gasteiger partial charge is 0.149 e. The van der Waals surface area contributed by atoms with E-state index < -0.39 is 0 Å². The fourth-order valence-electron chi connectivity index (χ4n) is 3.05. The summed E-state index contributed by atoms with van der Waals surface area (Å²) in [6.45, 7) is 8.82. The molecule has 2 bridgehead atoms. The third kappa shape index (κ3) is 1.31. The predicted molar refractivity (Wildman–Crippen MR) is 71.8 cm³/mol. The molecule has 2 aliphatic heterocycles. The Hall–Kier alpha value is -0.690. The molecule has 2 aliphatic rings.